The summed E-state index contributed by atoms with van der Waals surface area (Å²) in [6, 6.07) is 0. The average molecular weight is 152 g/mol. The van der Waals surface area contributed by atoms with Crippen molar-refractivity contribution in [3.63, 3.8) is 0 Å². The number of aldehydes is 1. The van der Waals surface area contributed by atoms with Crippen LogP contribution in [0.15, 0.2) is 12.2 Å². The smallest absolute Gasteiger partial charge is 0.123 e. The van der Waals surface area contributed by atoms with Crippen LogP contribution in [0.1, 0.15) is 12.8 Å². The maximum atomic E-state index is 10.6. The Kier molecular flexibility index (Phi) is 1.78. The molecule has 0 bridgehead atoms. The molecule has 1 saturated heterocycles. The van der Waals surface area contributed by atoms with Crippen LogP contribution in [-0.4, -0.2) is 19.0 Å². The topological polar surface area (TPSA) is 29.6 Å². The van der Waals surface area contributed by atoms with Crippen LogP contribution >= 0.6 is 0 Å². The van der Waals surface area contributed by atoms with Crippen molar-refractivity contribution in [3.8, 4) is 0 Å². The molecule has 2 nitrogen and oxygen atoms in total. The molecule has 1 aliphatic heterocycles. The van der Waals surface area contributed by atoms with Gasteiger partial charge in [-0.05, 0) is 12.8 Å². The van der Waals surface area contributed by atoms with Crippen molar-refractivity contribution in [3.05, 3.63) is 12.2 Å². The average Bonchev–Trinajstić information content (AvgIpc) is 2.87. The minimum Gasteiger partial charge on any atom is -0.373 e. The molecule has 0 saturated carbocycles. The van der Waals surface area contributed by atoms with Crippen molar-refractivity contribution in [2.24, 2.45) is 11.8 Å². The summed E-state index contributed by atoms with van der Waals surface area (Å²) in [4.78, 5) is 10.6. The van der Waals surface area contributed by atoms with E-state index in [1.165, 1.54) is 0 Å². The summed E-state index contributed by atoms with van der Waals surface area (Å²) >= 11 is 0. The molecule has 0 N–H and O–H groups in total. The van der Waals surface area contributed by atoms with E-state index in [9.17, 15) is 4.79 Å². The van der Waals surface area contributed by atoms with Gasteiger partial charge in [-0.25, -0.2) is 0 Å². The second-order valence-corrected chi connectivity index (χ2v) is 3.28. The summed E-state index contributed by atoms with van der Waals surface area (Å²) in [5, 5.41) is 0. The van der Waals surface area contributed by atoms with Gasteiger partial charge in [0.2, 0.25) is 0 Å². The first-order chi connectivity index (χ1) is 5.42. The van der Waals surface area contributed by atoms with Gasteiger partial charge in [0.25, 0.3) is 0 Å². The lowest BCUT2D eigenvalue weighted by molar-refractivity contribution is -0.112. The zero-order valence-corrected chi connectivity index (χ0v) is 6.40. The van der Waals surface area contributed by atoms with Crippen molar-refractivity contribution in [1.29, 1.82) is 0 Å². The lowest BCUT2D eigenvalue weighted by Crippen LogP contribution is -2.22. The summed E-state index contributed by atoms with van der Waals surface area (Å²) in [6.45, 7) is 0.864. The molecule has 0 aromatic rings. The maximum Gasteiger partial charge on any atom is 0.123 e. The fourth-order valence-electron chi connectivity index (χ4n) is 1.74. The Morgan fingerprint density at radius 1 is 1.36 bits per heavy atom. The predicted octanol–water partition coefficient (Wildman–Crippen LogP) is 1.17. The molecule has 0 aromatic heterocycles. The van der Waals surface area contributed by atoms with Gasteiger partial charge in [-0.3, -0.25) is 0 Å². The summed E-state index contributed by atoms with van der Waals surface area (Å²) in [5.41, 5.74) is 0. The summed E-state index contributed by atoms with van der Waals surface area (Å²) in [5.74, 6) is 0.685. The first-order valence-electron chi connectivity index (χ1n) is 4.13. The number of ether oxygens (including phenoxy) is 1. The third-order valence-electron chi connectivity index (χ3n) is 2.54. The predicted molar refractivity (Wildman–Crippen MR) is 41.2 cm³/mol. The molecular weight excluding hydrogens is 140 g/mol. The summed E-state index contributed by atoms with van der Waals surface area (Å²) < 4.78 is 5.19. The Labute approximate surface area is 66.2 Å². The highest BCUT2D eigenvalue weighted by Gasteiger charge is 2.37. The molecule has 2 aliphatic rings. The monoisotopic (exact) mass is 152 g/mol. The fourth-order valence-corrected chi connectivity index (χ4v) is 1.74. The van der Waals surface area contributed by atoms with E-state index in [-0.39, 0.29) is 5.92 Å². The molecule has 1 fully saturated rings. The quantitative estimate of drug-likeness (QED) is 0.337. The molecule has 11 heavy (non-hydrogen) atoms. The van der Waals surface area contributed by atoms with Crippen LogP contribution in [0.4, 0.5) is 0 Å². The van der Waals surface area contributed by atoms with Crippen LogP contribution < -0.4 is 0 Å². The van der Waals surface area contributed by atoms with E-state index >= 15 is 0 Å². The van der Waals surface area contributed by atoms with Gasteiger partial charge in [0.15, 0.2) is 0 Å². The van der Waals surface area contributed by atoms with E-state index in [2.05, 4.69) is 12.2 Å². The van der Waals surface area contributed by atoms with E-state index in [1.807, 2.05) is 0 Å². The summed E-state index contributed by atoms with van der Waals surface area (Å²) in [7, 11) is 0. The molecular formula is C9H12O2. The van der Waals surface area contributed by atoms with Crippen molar-refractivity contribution < 1.29 is 9.53 Å². The van der Waals surface area contributed by atoms with Gasteiger partial charge in [-0.2, -0.15) is 0 Å². The van der Waals surface area contributed by atoms with Gasteiger partial charge in [0.05, 0.1) is 12.7 Å². The zero-order chi connectivity index (χ0) is 7.68. The highest BCUT2D eigenvalue weighted by molar-refractivity contribution is 5.55. The molecule has 0 spiro atoms. The van der Waals surface area contributed by atoms with E-state index in [0.29, 0.717) is 12.0 Å². The Morgan fingerprint density at radius 3 is 2.73 bits per heavy atom. The number of allylic oxidation sites excluding steroid dienone is 2. The maximum absolute atomic E-state index is 10.6. The third-order valence-corrected chi connectivity index (χ3v) is 2.54. The van der Waals surface area contributed by atoms with E-state index < -0.39 is 0 Å². The highest BCUT2D eigenvalue weighted by atomic mass is 16.6. The number of hydrogen-bond acceptors (Lipinski definition) is 2. The third kappa shape index (κ3) is 1.36. The number of epoxide rings is 1. The second kappa shape index (κ2) is 2.78. The molecule has 60 valence electrons. The van der Waals surface area contributed by atoms with Crippen LogP contribution in [0.5, 0.6) is 0 Å². The number of hydrogen-bond donors (Lipinski definition) is 0. The van der Waals surface area contributed by atoms with Crippen LogP contribution in [0.25, 0.3) is 0 Å². The van der Waals surface area contributed by atoms with Gasteiger partial charge >= 0.3 is 0 Å². The molecule has 0 radical (unpaired) electrons. The van der Waals surface area contributed by atoms with Gasteiger partial charge in [-0.1, -0.05) is 12.2 Å². The van der Waals surface area contributed by atoms with E-state index in [1.54, 1.807) is 0 Å². The number of carbonyl (C=O) groups is 1. The lowest BCUT2D eigenvalue weighted by Gasteiger charge is -2.21. The molecule has 0 amide bonds. The molecule has 3 unspecified atom stereocenters. The van der Waals surface area contributed by atoms with Crippen LogP contribution in [0.3, 0.4) is 0 Å². The van der Waals surface area contributed by atoms with Crippen molar-refractivity contribution >= 4 is 6.29 Å². The van der Waals surface area contributed by atoms with Crippen molar-refractivity contribution in [2.75, 3.05) is 6.61 Å². The molecule has 2 heteroatoms. The Hall–Kier alpha value is -0.630. The number of carbonyl (C=O) groups excluding carboxylic acids is 1. The second-order valence-electron chi connectivity index (χ2n) is 3.28. The Bertz CT molecular complexity index is 182. The van der Waals surface area contributed by atoms with Crippen LogP contribution in [-0.2, 0) is 9.53 Å². The zero-order valence-electron chi connectivity index (χ0n) is 6.40. The van der Waals surface area contributed by atoms with Crippen molar-refractivity contribution in [1.82, 2.24) is 0 Å². The fraction of sp³-hybridized carbons (Fsp3) is 0.667. The van der Waals surface area contributed by atoms with E-state index in [0.717, 1.165) is 25.7 Å². The Morgan fingerprint density at radius 2 is 2.09 bits per heavy atom. The summed E-state index contributed by atoms with van der Waals surface area (Å²) in [6.07, 6.45) is 7.65. The molecule has 0 aromatic carbocycles. The molecule has 1 heterocycles. The lowest BCUT2D eigenvalue weighted by atomic mass is 9.82. The largest absolute Gasteiger partial charge is 0.373 e. The minimum absolute atomic E-state index is 0.215. The van der Waals surface area contributed by atoms with Crippen LogP contribution in [0.2, 0.25) is 0 Å². The van der Waals surface area contributed by atoms with E-state index in [4.69, 9.17) is 4.74 Å². The minimum atomic E-state index is 0.215. The van der Waals surface area contributed by atoms with Gasteiger partial charge in [0.1, 0.15) is 6.29 Å². The normalized spacial score (nSPS) is 42.0. The molecule has 2 rings (SSSR count). The Balaban J connectivity index is 2.03. The first-order valence-corrected chi connectivity index (χ1v) is 4.13. The molecule has 3 atom stereocenters. The standard InChI is InChI=1S/C9H12O2/c10-5-7-3-1-2-4-8(7)9-6-11-9/h1-2,5,7-9H,3-4,6H2. The van der Waals surface area contributed by atoms with Gasteiger partial charge in [-0.15, -0.1) is 0 Å². The van der Waals surface area contributed by atoms with Crippen LogP contribution in [0, 0.1) is 11.8 Å². The van der Waals surface area contributed by atoms with Gasteiger partial charge < -0.3 is 9.53 Å². The van der Waals surface area contributed by atoms with Gasteiger partial charge in [0, 0.05) is 11.8 Å². The highest BCUT2D eigenvalue weighted by Crippen LogP contribution is 2.33. The SMILES string of the molecule is O=CC1CC=CCC1C1CO1. The molecule has 1 aliphatic carbocycles. The first kappa shape index (κ1) is 7.04. The van der Waals surface area contributed by atoms with Crippen molar-refractivity contribution in [2.45, 2.75) is 18.9 Å². The number of rotatable bonds is 2.